The summed E-state index contributed by atoms with van der Waals surface area (Å²) in [7, 11) is 0. The number of hydrogen-bond donors (Lipinski definition) is 2. The van der Waals surface area contributed by atoms with Crippen LogP contribution in [0.15, 0.2) is 18.2 Å². The number of hydrogen-bond acceptors (Lipinski definition) is 3. The molecule has 2 nitrogen and oxygen atoms in total. The van der Waals surface area contributed by atoms with Crippen molar-refractivity contribution in [2.45, 2.75) is 43.9 Å². The van der Waals surface area contributed by atoms with E-state index in [9.17, 15) is 0 Å². The monoisotopic (exact) mass is 294 g/mol. The highest BCUT2D eigenvalue weighted by Gasteiger charge is 2.24. The van der Waals surface area contributed by atoms with E-state index in [4.69, 9.17) is 18.0 Å². The summed E-state index contributed by atoms with van der Waals surface area (Å²) in [6.45, 7) is 2.07. The van der Waals surface area contributed by atoms with E-state index in [1.54, 1.807) is 0 Å². The van der Waals surface area contributed by atoms with E-state index in [2.05, 4.69) is 36.7 Å². The van der Waals surface area contributed by atoms with E-state index >= 15 is 0 Å². The molecule has 0 radical (unpaired) electrons. The summed E-state index contributed by atoms with van der Waals surface area (Å²) in [5.41, 5.74) is 9.09. The van der Waals surface area contributed by atoms with Crippen molar-refractivity contribution in [2.24, 2.45) is 5.73 Å². The van der Waals surface area contributed by atoms with Gasteiger partial charge in [-0.1, -0.05) is 36.7 Å². The van der Waals surface area contributed by atoms with Gasteiger partial charge in [0.2, 0.25) is 0 Å². The Morgan fingerprint density at radius 3 is 2.79 bits per heavy atom. The predicted octanol–water partition coefficient (Wildman–Crippen LogP) is 3.72. The van der Waals surface area contributed by atoms with Gasteiger partial charge in [-0.05, 0) is 38.2 Å². The Labute approximate surface area is 125 Å². The van der Waals surface area contributed by atoms with Crippen molar-refractivity contribution >= 4 is 34.7 Å². The summed E-state index contributed by atoms with van der Waals surface area (Å²) in [6, 6.07) is 6.82. The van der Waals surface area contributed by atoms with E-state index in [0.29, 0.717) is 16.3 Å². The first-order valence-corrected chi connectivity index (χ1v) is 8.51. The quantitative estimate of drug-likeness (QED) is 0.830. The van der Waals surface area contributed by atoms with Gasteiger partial charge < -0.3 is 11.1 Å². The maximum Gasteiger partial charge on any atom is 0.106 e. The lowest BCUT2D eigenvalue weighted by atomic mass is 9.94. The van der Waals surface area contributed by atoms with Crippen LogP contribution in [0.1, 0.15) is 36.8 Å². The van der Waals surface area contributed by atoms with Crippen molar-refractivity contribution in [1.29, 1.82) is 0 Å². The maximum absolute atomic E-state index is 5.84. The van der Waals surface area contributed by atoms with E-state index < -0.39 is 0 Å². The molecule has 0 heterocycles. The lowest BCUT2D eigenvalue weighted by Gasteiger charge is -2.32. The summed E-state index contributed by atoms with van der Waals surface area (Å²) in [6.07, 6.45) is 7.39. The van der Waals surface area contributed by atoms with Gasteiger partial charge in [-0.15, -0.1) is 0 Å². The van der Waals surface area contributed by atoms with Crippen molar-refractivity contribution in [3.05, 3.63) is 29.3 Å². The molecular formula is C15H22N2S2. The fourth-order valence-electron chi connectivity index (χ4n) is 2.73. The summed E-state index contributed by atoms with van der Waals surface area (Å²) < 4.78 is 0. The summed E-state index contributed by atoms with van der Waals surface area (Å²) in [5.74, 6) is 0. The van der Waals surface area contributed by atoms with Crippen LogP contribution in [0.25, 0.3) is 0 Å². The number of nitrogens with one attached hydrogen (secondary N) is 1. The highest BCUT2D eigenvalue weighted by molar-refractivity contribution is 7.99. The molecule has 0 amide bonds. The van der Waals surface area contributed by atoms with Crippen molar-refractivity contribution in [2.75, 3.05) is 11.6 Å². The molecule has 0 spiro atoms. The zero-order valence-electron chi connectivity index (χ0n) is 11.6. The highest BCUT2D eigenvalue weighted by Crippen LogP contribution is 2.30. The second kappa shape index (κ2) is 6.62. The molecule has 2 rings (SSSR count). The number of thiocarbonyl (C=S) groups is 1. The predicted molar refractivity (Wildman–Crippen MR) is 90.2 cm³/mol. The summed E-state index contributed by atoms with van der Waals surface area (Å²) in [5, 5.41) is 4.36. The molecule has 1 aliphatic carbocycles. The molecule has 0 bridgehead atoms. The molecule has 0 saturated heterocycles. The molecule has 4 heteroatoms. The minimum atomic E-state index is 0.475. The zero-order chi connectivity index (χ0) is 13.8. The van der Waals surface area contributed by atoms with Crippen molar-refractivity contribution < 1.29 is 0 Å². The molecule has 0 aliphatic heterocycles. The Kier molecular flexibility index (Phi) is 5.11. The SMILES string of the molecule is CSC1CCCCC1Nc1ccc(C)cc1C(N)=S. The fourth-order valence-corrected chi connectivity index (χ4v) is 3.84. The highest BCUT2D eigenvalue weighted by atomic mass is 32.2. The van der Waals surface area contributed by atoms with Gasteiger partial charge in [-0.25, -0.2) is 0 Å². The average molecular weight is 294 g/mol. The van der Waals surface area contributed by atoms with Crippen molar-refractivity contribution in [1.82, 2.24) is 0 Å². The average Bonchev–Trinajstić information content (AvgIpc) is 2.41. The number of benzene rings is 1. The molecule has 1 fully saturated rings. The Morgan fingerprint density at radius 1 is 1.37 bits per heavy atom. The smallest absolute Gasteiger partial charge is 0.106 e. The standard InChI is InChI=1S/C15H22N2S2/c1-10-7-8-12(11(9-10)15(16)18)17-13-5-3-4-6-14(13)19-2/h7-9,13-14,17H,3-6H2,1-2H3,(H2,16,18). The van der Waals surface area contributed by atoms with Gasteiger partial charge in [-0.3, -0.25) is 0 Å². The molecule has 104 valence electrons. The molecule has 1 aromatic rings. The molecule has 3 N–H and O–H groups in total. The number of thioether (sulfide) groups is 1. The minimum absolute atomic E-state index is 0.475. The van der Waals surface area contributed by atoms with Gasteiger partial charge in [-0.2, -0.15) is 11.8 Å². The van der Waals surface area contributed by atoms with E-state index in [0.717, 1.165) is 11.3 Å². The summed E-state index contributed by atoms with van der Waals surface area (Å²) >= 11 is 7.13. The van der Waals surface area contributed by atoms with Crippen LogP contribution in [-0.4, -0.2) is 22.5 Å². The maximum atomic E-state index is 5.84. The number of rotatable bonds is 4. The van der Waals surface area contributed by atoms with Gasteiger partial charge in [0.05, 0.1) is 0 Å². The number of nitrogens with two attached hydrogens (primary N) is 1. The molecule has 1 aromatic carbocycles. The van der Waals surface area contributed by atoms with Crippen LogP contribution in [0, 0.1) is 6.92 Å². The number of aryl methyl sites for hydroxylation is 1. The fraction of sp³-hybridized carbons (Fsp3) is 0.533. The van der Waals surface area contributed by atoms with Gasteiger partial charge in [0, 0.05) is 22.5 Å². The van der Waals surface area contributed by atoms with Crippen LogP contribution in [0.4, 0.5) is 5.69 Å². The third kappa shape index (κ3) is 3.63. The third-order valence-electron chi connectivity index (χ3n) is 3.79. The summed E-state index contributed by atoms with van der Waals surface area (Å²) in [4.78, 5) is 0.475. The number of anilines is 1. The third-order valence-corrected chi connectivity index (χ3v) is 5.18. The molecule has 1 aliphatic rings. The van der Waals surface area contributed by atoms with Crippen LogP contribution in [0.5, 0.6) is 0 Å². The zero-order valence-corrected chi connectivity index (χ0v) is 13.2. The van der Waals surface area contributed by atoms with E-state index in [1.807, 2.05) is 11.8 Å². The van der Waals surface area contributed by atoms with Gasteiger partial charge in [0.1, 0.15) is 4.99 Å². The Hall–Kier alpha value is -0.740. The molecule has 2 atom stereocenters. The first-order chi connectivity index (χ1) is 9.11. The largest absolute Gasteiger partial charge is 0.389 e. The van der Waals surface area contributed by atoms with Gasteiger partial charge in [0.15, 0.2) is 0 Å². The van der Waals surface area contributed by atoms with Crippen LogP contribution in [0.3, 0.4) is 0 Å². The first-order valence-electron chi connectivity index (χ1n) is 6.81. The second-order valence-corrected chi connectivity index (χ2v) is 6.74. The molecular weight excluding hydrogens is 272 g/mol. The Bertz CT molecular complexity index is 459. The first kappa shape index (κ1) is 14.7. The van der Waals surface area contributed by atoms with Crippen molar-refractivity contribution in [3.63, 3.8) is 0 Å². The molecule has 0 aromatic heterocycles. The normalized spacial score (nSPS) is 23.1. The van der Waals surface area contributed by atoms with Crippen LogP contribution in [-0.2, 0) is 0 Å². The van der Waals surface area contributed by atoms with Crippen LogP contribution >= 0.6 is 24.0 Å². The topological polar surface area (TPSA) is 38.0 Å². The lowest BCUT2D eigenvalue weighted by molar-refractivity contribution is 0.475. The minimum Gasteiger partial charge on any atom is -0.389 e. The molecule has 19 heavy (non-hydrogen) atoms. The van der Waals surface area contributed by atoms with Crippen LogP contribution in [0.2, 0.25) is 0 Å². The van der Waals surface area contributed by atoms with Gasteiger partial charge in [0.25, 0.3) is 0 Å². The second-order valence-electron chi connectivity index (χ2n) is 5.22. The molecule has 2 unspecified atom stereocenters. The van der Waals surface area contributed by atoms with E-state index in [-0.39, 0.29) is 0 Å². The van der Waals surface area contributed by atoms with Crippen molar-refractivity contribution in [3.8, 4) is 0 Å². The van der Waals surface area contributed by atoms with E-state index in [1.165, 1.54) is 31.2 Å². The molecule has 1 saturated carbocycles. The lowest BCUT2D eigenvalue weighted by Crippen LogP contribution is -2.35. The Morgan fingerprint density at radius 2 is 2.11 bits per heavy atom. The van der Waals surface area contributed by atoms with Gasteiger partial charge >= 0.3 is 0 Å². The Balaban J connectivity index is 2.20. The van der Waals surface area contributed by atoms with Crippen LogP contribution < -0.4 is 11.1 Å².